The van der Waals surface area contributed by atoms with E-state index in [-0.39, 0.29) is 21.1 Å². The molecule has 0 amide bonds. The maximum atomic E-state index is 4.95. The van der Waals surface area contributed by atoms with Gasteiger partial charge in [-0.25, -0.2) is 0 Å². The van der Waals surface area contributed by atoms with Crippen molar-refractivity contribution in [3.8, 4) is 0 Å². The largest absolute Gasteiger partial charge is 0 e. The molecule has 0 heterocycles. The molecular formula is AuCl3Pt. The molecule has 0 aromatic carbocycles. The van der Waals surface area contributed by atoms with E-state index >= 15 is 0 Å². The van der Waals surface area contributed by atoms with Crippen LogP contribution in [0.2, 0.25) is 0 Å². The van der Waals surface area contributed by atoms with Gasteiger partial charge in [0.05, 0.1) is 0 Å². The molecule has 0 aliphatic heterocycles. The summed E-state index contributed by atoms with van der Waals surface area (Å²) in [6.07, 6.45) is 0. The van der Waals surface area contributed by atoms with Crippen molar-refractivity contribution in [3.63, 3.8) is 0 Å². The van der Waals surface area contributed by atoms with Crippen LogP contribution in [0.5, 0.6) is 0 Å². The topological polar surface area (TPSA) is 0 Å². The van der Waals surface area contributed by atoms with Crippen LogP contribution in [0.25, 0.3) is 0 Å². The van der Waals surface area contributed by atoms with Crippen LogP contribution in [-0.4, -0.2) is 0 Å². The average molecular weight is 498 g/mol. The number of hydrogen-bond acceptors (Lipinski definition) is 0. The Labute approximate surface area is 63.0 Å². The maximum absolute atomic E-state index is 4.95. The van der Waals surface area contributed by atoms with Crippen molar-refractivity contribution in [2.75, 3.05) is 0 Å². The Balaban J connectivity index is 0. The number of hydrogen-bond donors (Lipinski definition) is 0. The molecule has 5 heteroatoms. The number of halogens is 3. The summed E-state index contributed by atoms with van der Waals surface area (Å²) in [5, 5.41) is 0. The molecule has 0 atom stereocenters. The summed E-state index contributed by atoms with van der Waals surface area (Å²) >= 11 is -1.79. The fraction of sp³-hybridized carbons (Fsp3) is 0. The molecule has 0 N–H and O–H groups in total. The Kier molecular flexibility index (Phi) is 13.0. The SMILES string of the molecule is [Cl][Au]([Cl])[Cl].[Pt]. The second kappa shape index (κ2) is 6.30. The zero-order chi connectivity index (χ0) is 3.58. The molecule has 0 fully saturated rings. The van der Waals surface area contributed by atoms with Crippen LogP contribution in [0.4, 0.5) is 0 Å². The van der Waals surface area contributed by atoms with Gasteiger partial charge < -0.3 is 0 Å². The normalized spacial score (nSPS) is 9.00. The predicted molar refractivity (Wildman–Crippen MR) is 17.6 cm³/mol. The van der Waals surface area contributed by atoms with Crippen molar-refractivity contribution in [2.24, 2.45) is 0 Å². The van der Waals surface area contributed by atoms with E-state index in [2.05, 4.69) is 0 Å². The van der Waals surface area contributed by atoms with Crippen LogP contribution in [0, 0.1) is 0 Å². The maximum Gasteiger partial charge on any atom is 0 e. The van der Waals surface area contributed by atoms with Gasteiger partial charge in [0.15, 0.2) is 0 Å². The van der Waals surface area contributed by atoms with Crippen LogP contribution in [0.15, 0.2) is 0 Å². The molecule has 0 aliphatic rings. The molecule has 0 spiro atoms. The van der Waals surface area contributed by atoms with Crippen molar-refractivity contribution in [1.82, 2.24) is 0 Å². The summed E-state index contributed by atoms with van der Waals surface area (Å²) in [4.78, 5) is 0. The molecule has 0 rings (SSSR count). The summed E-state index contributed by atoms with van der Waals surface area (Å²) < 4.78 is 0. The molecule has 0 aliphatic carbocycles. The molecule has 0 saturated heterocycles. The van der Waals surface area contributed by atoms with Gasteiger partial charge in [0, 0.05) is 21.1 Å². The van der Waals surface area contributed by atoms with E-state index in [9.17, 15) is 0 Å². The summed E-state index contributed by atoms with van der Waals surface area (Å²) in [6, 6.07) is 0. The smallest absolute Gasteiger partial charge is 0 e. The van der Waals surface area contributed by atoms with Crippen LogP contribution in [0.3, 0.4) is 0 Å². The fourth-order valence-corrected chi connectivity index (χ4v) is 0. The van der Waals surface area contributed by atoms with E-state index < -0.39 is 15.2 Å². The van der Waals surface area contributed by atoms with E-state index in [1.807, 2.05) is 0 Å². The number of rotatable bonds is 0. The molecule has 0 aromatic heterocycles. The van der Waals surface area contributed by atoms with Gasteiger partial charge in [-0.05, 0) is 0 Å². The van der Waals surface area contributed by atoms with E-state index in [0.29, 0.717) is 0 Å². The minimum atomic E-state index is -1.79. The minimum absolute atomic E-state index is 0. The first-order chi connectivity index (χ1) is 1.73. The minimum Gasteiger partial charge on any atom is 0 e. The van der Waals surface area contributed by atoms with E-state index in [1.54, 1.807) is 0 Å². The predicted octanol–water partition coefficient (Wildman–Crippen LogP) is 2.06. The Bertz CT molecular complexity index is 11.6. The van der Waals surface area contributed by atoms with E-state index in [0.717, 1.165) is 0 Å². The zero-order valence-corrected chi connectivity index (χ0v) is 8.46. The summed E-state index contributed by atoms with van der Waals surface area (Å²) in [7, 11) is 14.9. The third kappa shape index (κ3) is 22.0. The first-order valence-electron chi connectivity index (χ1n) is 0.342. The zero-order valence-electron chi connectivity index (χ0n) is 1.75. The van der Waals surface area contributed by atoms with Crippen LogP contribution in [-0.2, 0) is 36.3 Å². The molecule has 0 radical (unpaired) electrons. The first-order valence-corrected chi connectivity index (χ1v) is 8.40. The fourth-order valence-electron chi connectivity index (χ4n) is 0. The van der Waals surface area contributed by atoms with Crippen LogP contribution < -0.4 is 0 Å². The Morgan fingerprint density at radius 2 is 1.00 bits per heavy atom. The molecule has 0 bridgehead atoms. The Morgan fingerprint density at radius 3 is 1.00 bits per heavy atom. The third-order valence-corrected chi connectivity index (χ3v) is 0. The van der Waals surface area contributed by atoms with Gasteiger partial charge in [0.25, 0.3) is 0 Å². The molecule has 0 saturated carbocycles. The molecule has 5 heavy (non-hydrogen) atoms. The van der Waals surface area contributed by atoms with Gasteiger partial charge in [0.2, 0.25) is 0 Å². The van der Waals surface area contributed by atoms with Gasteiger partial charge in [-0.1, -0.05) is 0 Å². The van der Waals surface area contributed by atoms with Gasteiger partial charge >= 0.3 is 42.8 Å². The molecule has 42 valence electrons. The van der Waals surface area contributed by atoms with Crippen molar-refractivity contribution in [2.45, 2.75) is 0 Å². The van der Waals surface area contributed by atoms with Gasteiger partial charge in [0.1, 0.15) is 0 Å². The van der Waals surface area contributed by atoms with E-state index in [1.165, 1.54) is 0 Å². The Morgan fingerprint density at radius 1 is 1.00 bits per heavy atom. The van der Waals surface area contributed by atoms with Crippen LogP contribution >= 0.6 is 27.6 Å². The summed E-state index contributed by atoms with van der Waals surface area (Å²) in [5.41, 5.74) is 0. The van der Waals surface area contributed by atoms with Crippen molar-refractivity contribution >= 4 is 27.6 Å². The first kappa shape index (κ1) is 10.3. The summed E-state index contributed by atoms with van der Waals surface area (Å²) in [6.45, 7) is 0. The van der Waals surface area contributed by atoms with Gasteiger partial charge in [-0.2, -0.15) is 0 Å². The van der Waals surface area contributed by atoms with E-state index in [4.69, 9.17) is 27.6 Å². The summed E-state index contributed by atoms with van der Waals surface area (Å²) in [5.74, 6) is 0. The van der Waals surface area contributed by atoms with Crippen molar-refractivity contribution in [1.29, 1.82) is 0 Å². The second-order valence-corrected chi connectivity index (χ2v) is 9.52. The van der Waals surface area contributed by atoms with Gasteiger partial charge in [-0.15, -0.1) is 0 Å². The van der Waals surface area contributed by atoms with Crippen molar-refractivity contribution in [3.05, 3.63) is 0 Å². The Hall–Kier alpha value is 2.30. The molecule has 0 unspecified atom stereocenters. The molecule has 0 aromatic rings. The van der Waals surface area contributed by atoms with Gasteiger partial charge in [-0.3, -0.25) is 0 Å². The molecular weight excluding hydrogens is 498 g/mol. The monoisotopic (exact) mass is 497 g/mol. The quantitative estimate of drug-likeness (QED) is 0.449. The molecule has 0 nitrogen and oxygen atoms in total. The van der Waals surface area contributed by atoms with Crippen molar-refractivity contribution < 1.29 is 36.3 Å². The second-order valence-electron chi connectivity index (χ2n) is 0.129. The third-order valence-electron chi connectivity index (χ3n) is 0. The van der Waals surface area contributed by atoms with Crippen LogP contribution in [0.1, 0.15) is 0 Å². The standard InChI is InChI=1S/Au.3ClH.Pt/h;3*1H;/q+3;;;;/p-3. The average Bonchev–Trinajstić information content (AvgIpc) is 0.811.